The van der Waals surface area contributed by atoms with Crippen LogP contribution in [0.3, 0.4) is 0 Å². The molecule has 0 aliphatic carbocycles. The Labute approximate surface area is 137 Å². The molecular weight excluding hydrogens is 301 g/mol. The Kier molecular flexibility index (Phi) is 5.32. The van der Waals surface area contributed by atoms with Crippen LogP contribution in [-0.2, 0) is 6.54 Å². The molecule has 0 saturated carbocycles. The Morgan fingerprint density at radius 3 is 2.24 bits per heavy atom. The second-order valence-electron chi connectivity index (χ2n) is 6.30. The molecule has 0 amide bonds. The lowest BCUT2D eigenvalue weighted by Gasteiger charge is -2.32. The minimum Gasteiger partial charge on any atom is -0.305 e. The Bertz CT molecular complexity index is 588. The summed E-state index contributed by atoms with van der Waals surface area (Å²) in [5.41, 5.74) is 2.41. The van der Waals surface area contributed by atoms with Crippen molar-refractivity contribution in [2.75, 3.05) is 0 Å². The summed E-state index contributed by atoms with van der Waals surface area (Å²) in [6.07, 6.45) is 0. The topological polar surface area (TPSA) is 12.0 Å². The third-order valence-electron chi connectivity index (χ3n) is 3.53. The summed E-state index contributed by atoms with van der Waals surface area (Å²) in [7, 11) is 0. The standard InChI is InChI=1S/C18H21Cl2N/c1-18(2,3)17(13-8-5-4-6-9-13)21-12-14-10-7-11-15(19)16(14)20/h4-11,17,21H,12H2,1-3H3. The monoisotopic (exact) mass is 321 g/mol. The Morgan fingerprint density at radius 2 is 1.62 bits per heavy atom. The molecule has 0 saturated heterocycles. The minimum atomic E-state index is 0.104. The molecule has 1 N–H and O–H groups in total. The Morgan fingerprint density at radius 1 is 0.952 bits per heavy atom. The molecule has 2 rings (SSSR count). The summed E-state index contributed by atoms with van der Waals surface area (Å²) < 4.78 is 0. The van der Waals surface area contributed by atoms with Gasteiger partial charge in [0.2, 0.25) is 0 Å². The zero-order chi connectivity index (χ0) is 15.5. The second-order valence-corrected chi connectivity index (χ2v) is 7.09. The van der Waals surface area contributed by atoms with Crippen LogP contribution >= 0.6 is 23.2 Å². The quantitative estimate of drug-likeness (QED) is 0.742. The molecule has 1 unspecified atom stereocenters. The molecule has 112 valence electrons. The molecule has 1 nitrogen and oxygen atoms in total. The number of rotatable bonds is 4. The van der Waals surface area contributed by atoms with Crippen molar-refractivity contribution >= 4 is 23.2 Å². The molecule has 0 aliphatic rings. The fraction of sp³-hybridized carbons (Fsp3) is 0.333. The predicted molar refractivity (Wildman–Crippen MR) is 91.9 cm³/mol. The van der Waals surface area contributed by atoms with Crippen molar-refractivity contribution in [3.05, 3.63) is 69.7 Å². The van der Waals surface area contributed by atoms with Gasteiger partial charge in [-0.05, 0) is 22.6 Å². The number of hydrogen-bond acceptors (Lipinski definition) is 1. The van der Waals surface area contributed by atoms with Crippen molar-refractivity contribution in [1.29, 1.82) is 0 Å². The van der Waals surface area contributed by atoms with E-state index in [2.05, 4.69) is 50.4 Å². The highest BCUT2D eigenvalue weighted by Crippen LogP contribution is 2.33. The Hall–Kier alpha value is -1.02. The molecule has 0 bridgehead atoms. The normalized spacial score (nSPS) is 13.2. The van der Waals surface area contributed by atoms with E-state index in [0.29, 0.717) is 16.6 Å². The second kappa shape index (κ2) is 6.83. The summed E-state index contributed by atoms with van der Waals surface area (Å²) >= 11 is 12.3. The van der Waals surface area contributed by atoms with Gasteiger partial charge < -0.3 is 5.32 Å². The largest absolute Gasteiger partial charge is 0.305 e. The van der Waals surface area contributed by atoms with Crippen LogP contribution in [0.25, 0.3) is 0 Å². The zero-order valence-electron chi connectivity index (χ0n) is 12.7. The first-order chi connectivity index (χ1) is 9.89. The Balaban J connectivity index is 2.19. The van der Waals surface area contributed by atoms with Crippen molar-refractivity contribution in [1.82, 2.24) is 5.32 Å². The van der Waals surface area contributed by atoms with Crippen LogP contribution < -0.4 is 5.32 Å². The van der Waals surface area contributed by atoms with Gasteiger partial charge in [0.1, 0.15) is 0 Å². The van der Waals surface area contributed by atoms with Crippen LogP contribution in [-0.4, -0.2) is 0 Å². The van der Waals surface area contributed by atoms with Crippen molar-refractivity contribution in [2.24, 2.45) is 5.41 Å². The molecular formula is C18H21Cl2N. The van der Waals surface area contributed by atoms with Gasteiger partial charge >= 0.3 is 0 Å². The molecule has 0 fully saturated rings. The van der Waals surface area contributed by atoms with Crippen LogP contribution in [0.4, 0.5) is 0 Å². The van der Waals surface area contributed by atoms with E-state index in [0.717, 1.165) is 5.56 Å². The summed E-state index contributed by atoms with van der Waals surface area (Å²) in [4.78, 5) is 0. The van der Waals surface area contributed by atoms with Crippen LogP contribution in [0.5, 0.6) is 0 Å². The lowest BCUT2D eigenvalue weighted by molar-refractivity contribution is 0.271. The maximum atomic E-state index is 6.27. The van der Waals surface area contributed by atoms with Gasteiger partial charge in [-0.1, -0.05) is 86.4 Å². The molecule has 0 aromatic heterocycles. The van der Waals surface area contributed by atoms with Crippen molar-refractivity contribution in [3.8, 4) is 0 Å². The van der Waals surface area contributed by atoms with E-state index in [1.165, 1.54) is 5.56 Å². The van der Waals surface area contributed by atoms with E-state index < -0.39 is 0 Å². The molecule has 0 heterocycles. The van der Waals surface area contributed by atoms with Crippen LogP contribution in [0.15, 0.2) is 48.5 Å². The highest BCUT2D eigenvalue weighted by molar-refractivity contribution is 6.42. The number of benzene rings is 2. The zero-order valence-corrected chi connectivity index (χ0v) is 14.2. The molecule has 0 aliphatic heterocycles. The summed E-state index contributed by atoms with van der Waals surface area (Å²) in [6, 6.07) is 16.5. The van der Waals surface area contributed by atoms with E-state index in [-0.39, 0.29) is 11.5 Å². The minimum absolute atomic E-state index is 0.104. The SMILES string of the molecule is CC(C)(C)C(NCc1cccc(Cl)c1Cl)c1ccccc1. The fourth-order valence-corrected chi connectivity index (χ4v) is 2.85. The average Bonchev–Trinajstić information content (AvgIpc) is 2.43. The number of halogens is 2. The van der Waals surface area contributed by atoms with E-state index in [9.17, 15) is 0 Å². The molecule has 1 atom stereocenters. The highest BCUT2D eigenvalue weighted by atomic mass is 35.5. The molecule has 2 aromatic rings. The van der Waals surface area contributed by atoms with Gasteiger partial charge in [0.25, 0.3) is 0 Å². The van der Waals surface area contributed by atoms with E-state index in [1.54, 1.807) is 0 Å². The maximum Gasteiger partial charge on any atom is 0.0637 e. The smallest absolute Gasteiger partial charge is 0.0637 e. The molecule has 21 heavy (non-hydrogen) atoms. The summed E-state index contributed by atoms with van der Waals surface area (Å²) in [6.45, 7) is 7.39. The molecule has 0 radical (unpaired) electrons. The molecule has 2 aromatic carbocycles. The van der Waals surface area contributed by atoms with E-state index in [4.69, 9.17) is 23.2 Å². The van der Waals surface area contributed by atoms with Crippen LogP contribution in [0.2, 0.25) is 10.0 Å². The first-order valence-corrected chi connectivity index (χ1v) is 7.86. The van der Waals surface area contributed by atoms with Gasteiger partial charge in [0.15, 0.2) is 0 Å². The van der Waals surface area contributed by atoms with Gasteiger partial charge in [0, 0.05) is 12.6 Å². The third-order valence-corrected chi connectivity index (χ3v) is 4.39. The van der Waals surface area contributed by atoms with E-state index >= 15 is 0 Å². The molecule has 3 heteroatoms. The van der Waals surface area contributed by atoms with Gasteiger partial charge in [0.05, 0.1) is 10.0 Å². The first-order valence-electron chi connectivity index (χ1n) is 7.11. The van der Waals surface area contributed by atoms with Gasteiger partial charge in [-0.3, -0.25) is 0 Å². The lowest BCUT2D eigenvalue weighted by Crippen LogP contribution is -2.32. The molecule has 0 spiro atoms. The highest BCUT2D eigenvalue weighted by Gasteiger charge is 2.25. The van der Waals surface area contributed by atoms with E-state index in [1.807, 2.05) is 24.3 Å². The number of hydrogen-bond donors (Lipinski definition) is 1. The van der Waals surface area contributed by atoms with Gasteiger partial charge in [-0.2, -0.15) is 0 Å². The van der Waals surface area contributed by atoms with Crippen LogP contribution in [0, 0.1) is 5.41 Å². The van der Waals surface area contributed by atoms with Gasteiger partial charge in [-0.15, -0.1) is 0 Å². The first kappa shape index (κ1) is 16.4. The van der Waals surface area contributed by atoms with Crippen LogP contribution in [0.1, 0.15) is 37.9 Å². The third kappa shape index (κ3) is 4.23. The lowest BCUT2D eigenvalue weighted by atomic mass is 9.82. The maximum absolute atomic E-state index is 6.27. The van der Waals surface area contributed by atoms with Crippen molar-refractivity contribution in [3.63, 3.8) is 0 Å². The fourth-order valence-electron chi connectivity index (χ4n) is 2.47. The predicted octanol–water partition coefficient (Wildman–Crippen LogP) is 5.87. The van der Waals surface area contributed by atoms with Crippen molar-refractivity contribution < 1.29 is 0 Å². The average molecular weight is 322 g/mol. The number of nitrogens with one attached hydrogen (secondary N) is 1. The summed E-state index contributed by atoms with van der Waals surface area (Å²) in [5.74, 6) is 0. The summed E-state index contributed by atoms with van der Waals surface area (Å²) in [5, 5.41) is 4.85. The van der Waals surface area contributed by atoms with Gasteiger partial charge in [-0.25, -0.2) is 0 Å². The van der Waals surface area contributed by atoms with Crippen molar-refractivity contribution in [2.45, 2.75) is 33.4 Å².